The fraction of sp³-hybridized carbons (Fsp3) is 0.250. The van der Waals surface area contributed by atoms with Crippen molar-refractivity contribution in [2.75, 3.05) is 17.3 Å². The van der Waals surface area contributed by atoms with Gasteiger partial charge in [0.25, 0.3) is 0 Å². The molecule has 3 aromatic heterocycles. The zero-order valence-corrected chi connectivity index (χ0v) is 11.8. The van der Waals surface area contributed by atoms with E-state index in [1.54, 1.807) is 17.5 Å². The summed E-state index contributed by atoms with van der Waals surface area (Å²) in [6, 6.07) is 2.00. The molecule has 104 valence electrons. The summed E-state index contributed by atoms with van der Waals surface area (Å²) in [6.07, 6.45) is 4.56. The minimum absolute atomic E-state index is 0.416. The van der Waals surface area contributed by atoms with Crippen molar-refractivity contribution >= 4 is 33.3 Å². The minimum Gasteiger partial charge on any atom is -0.369 e. The third-order valence-corrected chi connectivity index (χ3v) is 3.82. The van der Waals surface area contributed by atoms with Gasteiger partial charge in [-0.05, 0) is 11.4 Å². The lowest BCUT2D eigenvalue weighted by molar-refractivity contribution is 0.789. The molecule has 8 heteroatoms. The van der Waals surface area contributed by atoms with Gasteiger partial charge in [-0.3, -0.25) is 5.43 Å². The molecule has 0 atom stereocenters. The van der Waals surface area contributed by atoms with Crippen molar-refractivity contribution in [2.24, 2.45) is 12.9 Å². The van der Waals surface area contributed by atoms with E-state index >= 15 is 0 Å². The Kier molecular flexibility index (Phi) is 3.48. The van der Waals surface area contributed by atoms with E-state index in [4.69, 9.17) is 5.84 Å². The number of fused-ring (bicyclic) bond motifs is 1. The van der Waals surface area contributed by atoms with Gasteiger partial charge in [0.2, 0.25) is 5.95 Å². The van der Waals surface area contributed by atoms with E-state index in [2.05, 4.69) is 25.7 Å². The van der Waals surface area contributed by atoms with Crippen LogP contribution in [0.4, 0.5) is 11.8 Å². The molecule has 0 radical (unpaired) electrons. The van der Waals surface area contributed by atoms with Crippen LogP contribution in [0, 0.1) is 0 Å². The zero-order valence-electron chi connectivity index (χ0n) is 11.0. The molecule has 0 aliphatic carbocycles. The highest BCUT2D eigenvalue weighted by Gasteiger charge is 2.08. The van der Waals surface area contributed by atoms with E-state index in [1.165, 1.54) is 0 Å². The third kappa shape index (κ3) is 2.43. The molecule has 0 saturated heterocycles. The molecule has 0 aliphatic rings. The Morgan fingerprint density at radius 1 is 1.40 bits per heavy atom. The van der Waals surface area contributed by atoms with Crippen molar-refractivity contribution in [2.45, 2.75) is 6.42 Å². The number of hydrazine groups is 1. The quantitative estimate of drug-likeness (QED) is 0.485. The standard InChI is InChI=1S/C12H15N7S/c1-19-6-5-14-9(19)2-4-15-10-8-3-7-20-11(8)17-12(16-10)18-13/h3,5-7H,2,4,13H2,1H3,(H2,15,16,17,18). The first kappa shape index (κ1) is 12.8. The maximum atomic E-state index is 5.39. The van der Waals surface area contributed by atoms with Crippen LogP contribution >= 0.6 is 11.3 Å². The first-order chi connectivity index (χ1) is 9.78. The highest BCUT2D eigenvalue weighted by molar-refractivity contribution is 7.16. The molecule has 3 heterocycles. The molecule has 0 bridgehead atoms. The summed E-state index contributed by atoms with van der Waals surface area (Å²) >= 11 is 1.56. The molecule has 3 rings (SSSR count). The molecular formula is C12H15N7S. The maximum Gasteiger partial charge on any atom is 0.240 e. The topological polar surface area (TPSA) is 93.7 Å². The first-order valence-electron chi connectivity index (χ1n) is 6.20. The van der Waals surface area contributed by atoms with Crippen molar-refractivity contribution in [3.63, 3.8) is 0 Å². The van der Waals surface area contributed by atoms with Crippen LogP contribution in [0.2, 0.25) is 0 Å². The van der Waals surface area contributed by atoms with Gasteiger partial charge in [0.1, 0.15) is 16.5 Å². The fourth-order valence-corrected chi connectivity index (χ4v) is 2.75. The summed E-state index contributed by atoms with van der Waals surface area (Å²) in [7, 11) is 1.99. The van der Waals surface area contributed by atoms with Crippen molar-refractivity contribution < 1.29 is 0 Å². The van der Waals surface area contributed by atoms with E-state index in [0.717, 1.165) is 34.8 Å². The lowest BCUT2D eigenvalue weighted by Gasteiger charge is -2.08. The van der Waals surface area contributed by atoms with Crippen LogP contribution in [-0.2, 0) is 13.5 Å². The third-order valence-electron chi connectivity index (χ3n) is 3.02. The molecule has 0 amide bonds. The number of thiophene rings is 1. The molecule has 4 N–H and O–H groups in total. The van der Waals surface area contributed by atoms with Crippen molar-refractivity contribution in [1.82, 2.24) is 19.5 Å². The van der Waals surface area contributed by atoms with Gasteiger partial charge in [-0.1, -0.05) is 0 Å². The number of anilines is 2. The van der Waals surface area contributed by atoms with Gasteiger partial charge in [0.05, 0.1) is 5.39 Å². The highest BCUT2D eigenvalue weighted by Crippen LogP contribution is 2.26. The molecule has 0 unspecified atom stereocenters. The van der Waals surface area contributed by atoms with E-state index in [9.17, 15) is 0 Å². The highest BCUT2D eigenvalue weighted by atomic mass is 32.1. The maximum absolute atomic E-state index is 5.39. The van der Waals surface area contributed by atoms with Gasteiger partial charge in [-0.25, -0.2) is 15.8 Å². The Morgan fingerprint density at radius 2 is 2.30 bits per heavy atom. The number of nitrogens with one attached hydrogen (secondary N) is 2. The van der Waals surface area contributed by atoms with Crippen molar-refractivity contribution in [3.05, 3.63) is 29.7 Å². The number of imidazole rings is 1. The Labute approximate surface area is 119 Å². The smallest absolute Gasteiger partial charge is 0.240 e. The second-order valence-corrected chi connectivity index (χ2v) is 5.21. The summed E-state index contributed by atoms with van der Waals surface area (Å²) in [5, 5.41) is 6.32. The van der Waals surface area contributed by atoms with Gasteiger partial charge < -0.3 is 9.88 Å². The number of rotatable bonds is 5. The van der Waals surface area contributed by atoms with Gasteiger partial charge >= 0.3 is 0 Å². The first-order valence-corrected chi connectivity index (χ1v) is 7.08. The normalized spacial score (nSPS) is 10.9. The molecule has 0 spiro atoms. The number of hydrogen-bond acceptors (Lipinski definition) is 7. The van der Waals surface area contributed by atoms with Crippen molar-refractivity contribution in [1.29, 1.82) is 0 Å². The largest absolute Gasteiger partial charge is 0.369 e. The predicted octanol–water partition coefficient (Wildman–Crippen LogP) is 1.36. The SMILES string of the molecule is Cn1ccnc1CCNc1nc(NN)nc2sccc12. The lowest BCUT2D eigenvalue weighted by Crippen LogP contribution is -2.13. The Morgan fingerprint density at radius 3 is 3.05 bits per heavy atom. The zero-order chi connectivity index (χ0) is 13.9. The number of nitrogens with two attached hydrogens (primary N) is 1. The number of nitrogens with zero attached hydrogens (tertiary/aromatic N) is 4. The number of nitrogen functional groups attached to an aromatic ring is 1. The lowest BCUT2D eigenvalue weighted by atomic mass is 10.3. The van der Waals surface area contributed by atoms with Crippen LogP contribution in [0.1, 0.15) is 5.82 Å². The van der Waals surface area contributed by atoms with E-state index in [1.807, 2.05) is 29.3 Å². The van der Waals surface area contributed by atoms with E-state index < -0.39 is 0 Å². The molecule has 7 nitrogen and oxygen atoms in total. The van der Waals surface area contributed by atoms with Crippen LogP contribution in [0.5, 0.6) is 0 Å². The summed E-state index contributed by atoms with van der Waals surface area (Å²) in [6.45, 7) is 0.747. The molecule has 0 aliphatic heterocycles. The van der Waals surface area contributed by atoms with Gasteiger partial charge in [-0.15, -0.1) is 11.3 Å². The van der Waals surface area contributed by atoms with Crippen molar-refractivity contribution in [3.8, 4) is 0 Å². The Bertz CT molecular complexity index is 717. The Hall–Kier alpha value is -2.19. The molecule has 20 heavy (non-hydrogen) atoms. The molecule has 0 fully saturated rings. The molecule has 0 saturated carbocycles. The average molecular weight is 289 g/mol. The van der Waals surface area contributed by atoms with Gasteiger partial charge in [0.15, 0.2) is 0 Å². The van der Waals surface area contributed by atoms with E-state index in [0.29, 0.717) is 5.95 Å². The second-order valence-electron chi connectivity index (χ2n) is 4.31. The van der Waals surface area contributed by atoms with Crippen LogP contribution in [0.25, 0.3) is 10.2 Å². The molecule has 3 aromatic rings. The molecular weight excluding hydrogens is 274 g/mol. The number of aryl methyl sites for hydroxylation is 1. The van der Waals surface area contributed by atoms with Crippen LogP contribution in [0.15, 0.2) is 23.8 Å². The average Bonchev–Trinajstić information content (AvgIpc) is 3.07. The predicted molar refractivity (Wildman–Crippen MR) is 80.6 cm³/mol. The summed E-state index contributed by atoms with van der Waals surface area (Å²) in [5.41, 5.74) is 2.49. The van der Waals surface area contributed by atoms with Crippen LogP contribution in [-0.4, -0.2) is 26.1 Å². The summed E-state index contributed by atoms with van der Waals surface area (Å²) in [5.74, 6) is 7.63. The Balaban J connectivity index is 1.76. The fourth-order valence-electron chi connectivity index (χ4n) is 1.98. The van der Waals surface area contributed by atoms with Crippen LogP contribution < -0.4 is 16.6 Å². The summed E-state index contributed by atoms with van der Waals surface area (Å²) in [4.78, 5) is 13.9. The van der Waals surface area contributed by atoms with Crippen LogP contribution in [0.3, 0.4) is 0 Å². The van der Waals surface area contributed by atoms with E-state index in [-0.39, 0.29) is 0 Å². The number of hydrogen-bond donors (Lipinski definition) is 3. The monoisotopic (exact) mass is 289 g/mol. The minimum atomic E-state index is 0.416. The molecule has 0 aromatic carbocycles. The van der Waals surface area contributed by atoms with Gasteiger partial charge in [-0.2, -0.15) is 4.98 Å². The summed E-state index contributed by atoms with van der Waals surface area (Å²) < 4.78 is 2.01. The van der Waals surface area contributed by atoms with Gasteiger partial charge in [0, 0.05) is 32.4 Å². The number of aromatic nitrogens is 4. The second kappa shape index (κ2) is 5.43.